The number of anilines is 1. The number of rotatable bonds is 7. The lowest BCUT2D eigenvalue weighted by Crippen LogP contribution is -2.17. The number of benzene rings is 2. The second kappa shape index (κ2) is 8.94. The summed E-state index contributed by atoms with van der Waals surface area (Å²) in [6.07, 6.45) is 5.23. The first-order chi connectivity index (χ1) is 16.0. The Bertz CT molecular complexity index is 1260. The summed E-state index contributed by atoms with van der Waals surface area (Å²) in [5, 5.41) is 3.92. The Morgan fingerprint density at radius 1 is 1.09 bits per heavy atom. The number of carbonyl (C=O) groups excluding carboxylic acids is 1. The summed E-state index contributed by atoms with van der Waals surface area (Å²) in [7, 11) is 0. The molecule has 0 radical (unpaired) electrons. The SMILES string of the molecule is CC(C)OC(=O)Nc1ccc(-c2cc3ccc(Oc4ncccn4)cc3n2CC2CC2)cc1. The van der Waals surface area contributed by atoms with Crippen molar-refractivity contribution in [3.8, 4) is 23.0 Å². The van der Waals surface area contributed by atoms with Crippen molar-refractivity contribution in [2.75, 3.05) is 5.32 Å². The lowest BCUT2D eigenvalue weighted by atomic mass is 10.1. The normalized spacial score (nSPS) is 13.3. The minimum Gasteiger partial charge on any atom is -0.447 e. The minimum atomic E-state index is -0.449. The summed E-state index contributed by atoms with van der Waals surface area (Å²) < 4.78 is 13.4. The fourth-order valence-corrected chi connectivity index (χ4v) is 3.82. The molecular weight excluding hydrogens is 416 g/mol. The number of nitrogens with one attached hydrogen (secondary N) is 1. The molecule has 0 saturated heterocycles. The first-order valence-electron chi connectivity index (χ1n) is 11.2. The van der Waals surface area contributed by atoms with Crippen molar-refractivity contribution in [2.45, 2.75) is 39.3 Å². The van der Waals surface area contributed by atoms with Crippen molar-refractivity contribution >= 4 is 22.7 Å². The van der Waals surface area contributed by atoms with Gasteiger partial charge in [0.15, 0.2) is 0 Å². The zero-order chi connectivity index (χ0) is 22.8. The molecular formula is C26H26N4O3. The van der Waals surface area contributed by atoms with E-state index in [0.29, 0.717) is 23.4 Å². The molecule has 0 bridgehead atoms. The van der Waals surface area contributed by atoms with E-state index >= 15 is 0 Å². The number of hydrogen-bond acceptors (Lipinski definition) is 5. The number of amides is 1. The Labute approximate surface area is 192 Å². The van der Waals surface area contributed by atoms with Crippen LogP contribution in [0.1, 0.15) is 26.7 Å². The number of carbonyl (C=O) groups is 1. The predicted molar refractivity (Wildman–Crippen MR) is 127 cm³/mol. The Kier molecular flexibility index (Phi) is 5.69. The van der Waals surface area contributed by atoms with E-state index in [1.54, 1.807) is 18.5 Å². The highest BCUT2D eigenvalue weighted by atomic mass is 16.6. The Morgan fingerprint density at radius 2 is 1.85 bits per heavy atom. The van der Waals surface area contributed by atoms with Crippen LogP contribution >= 0.6 is 0 Å². The number of hydrogen-bond donors (Lipinski definition) is 1. The molecule has 2 aromatic heterocycles. The van der Waals surface area contributed by atoms with E-state index in [1.807, 2.05) is 44.2 Å². The second-order valence-electron chi connectivity index (χ2n) is 8.59. The van der Waals surface area contributed by atoms with Crippen LogP contribution in [0.2, 0.25) is 0 Å². The van der Waals surface area contributed by atoms with Gasteiger partial charge in [-0.3, -0.25) is 5.32 Å². The zero-order valence-electron chi connectivity index (χ0n) is 18.7. The lowest BCUT2D eigenvalue weighted by Gasteiger charge is -2.12. The highest BCUT2D eigenvalue weighted by molar-refractivity contribution is 5.89. The van der Waals surface area contributed by atoms with Crippen LogP contribution < -0.4 is 10.1 Å². The summed E-state index contributed by atoms with van der Waals surface area (Å²) >= 11 is 0. The Balaban J connectivity index is 1.45. The van der Waals surface area contributed by atoms with Crippen molar-refractivity contribution in [3.05, 3.63) is 67.0 Å². The third kappa shape index (κ3) is 4.98. The number of fused-ring (bicyclic) bond motifs is 1. The van der Waals surface area contributed by atoms with Gasteiger partial charge in [0, 0.05) is 41.8 Å². The van der Waals surface area contributed by atoms with E-state index in [0.717, 1.165) is 28.7 Å². The Morgan fingerprint density at radius 3 is 2.55 bits per heavy atom. The molecule has 4 aromatic rings. The van der Waals surface area contributed by atoms with Crippen LogP contribution in [-0.2, 0) is 11.3 Å². The third-order valence-electron chi connectivity index (χ3n) is 5.53. The van der Waals surface area contributed by atoms with Gasteiger partial charge in [-0.2, -0.15) is 0 Å². The molecule has 1 aliphatic carbocycles. The molecule has 0 atom stereocenters. The maximum Gasteiger partial charge on any atom is 0.411 e. The van der Waals surface area contributed by atoms with Gasteiger partial charge >= 0.3 is 12.1 Å². The van der Waals surface area contributed by atoms with Crippen molar-refractivity contribution in [2.24, 2.45) is 5.92 Å². The summed E-state index contributed by atoms with van der Waals surface area (Å²) in [4.78, 5) is 20.2. The van der Waals surface area contributed by atoms with Gasteiger partial charge in [-0.15, -0.1) is 0 Å². The van der Waals surface area contributed by atoms with Crippen LogP contribution in [0.15, 0.2) is 67.0 Å². The maximum atomic E-state index is 11.9. The molecule has 33 heavy (non-hydrogen) atoms. The smallest absolute Gasteiger partial charge is 0.411 e. The summed E-state index contributed by atoms with van der Waals surface area (Å²) in [6, 6.07) is 18.2. The topological polar surface area (TPSA) is 78.3 Å². The van der Waals surface area contributed by atoms with Crippen molar-refractivity contribution in [1.29, 1.82) is 0 Å². The molecule has 5 rings (SSSR count). The molecule has 1 N–H and O–H groups in total. The molecule has 168 valence electrons. The molecule has 1 fully saturated rings. The van der Waals surface area contributed by atoms with E-state index in [9.17, 15) is 4.79 Å². The molecule has 0 spiro atoms. The van der Waals surface area contributed by atoms with Crippen LogP contribution in [0, 0.1) is 5.92 Å². The van der Waals surface area contributed by atoms with Crippen LogP contribution in [0.25, 0.3) is 22.2 Å². The van der Waals surface area contributed by atoms with Crippen molar-refractivity contribution in [3.63, 3.8) is 0 Å². The highest BCUT2D eigenvalue weighted by Gasteiger charge is 2.24. The van der Waals surface area contributed by atoms with Crippen molar-refractivity contribution in [1.82, 2.24) is 14.5 Å². The van der Waals surface area contributed by atoms with E-state index < -0.39 is 6.09 Å². The number of ether oxygens (including phenoxy) is 2. The van der Waals surface area contributed by atoms with Crippen molar-refractivity contribution < 1.29 is 14.3 Å². The summed E-state index contributed by atoms with van der Waals surface area (Å²) in [5.74, 6) is 1.41. The van der Waals surface area contributed by atoms with Gasteiger partial charge in [0.1, 0.15) is 5.75 Å². The van der Waals surface area contributed by atoms with Crippen LogP contribution in [0.5, 0.6) is 11.8 Å². The van der Waals surface area contributed by atoms with E-state index in [4.69, 9.17) is 9.47 Å². The maximum absolute atomic E-state index is 11.9. The average molecular weight is 443 g/mol. The molecule has 2 heterocycles. The van der Waals surface area contributed by atoms with Gasteiger partial charge in [0.05, 0.1) is 11.6 Å². The molecule has 0 aliphatic heterocycles. The van der Waals surface area contributed by atoms with Gasteiger partial charge in [0.2, 0.25) is 0 Å². The van der Waals surface area contributed by atoms with Gasteiger partial charge in [-0.05, 0) is 74.6 Å². The molecule has 1 aliphatic rings. The van der Waals surface area contributed by atoms with Crippen LogP contribution in [-0.4, -0.2) is 26.7 Å². The van der Waals surface area contributed by atoms with Gasteiger partial charge in [-0.1, -0.05) is 12.1 Å². The Hall–Kier alpha value is -3.87. The highest BCUT2D eigenvalue weighted by Crippen LogP contribution is 2.37. The van der Waals surface area contributed by atoms with Gasteiger partial charge < -0.3 is 14.0 Å². The van der Waals surface area contributed by atoms with E-state index in [2.05, 4.69) is 38.1 Å². The first-order valence-corrected chi connectivity index (χ1v) is 11.2. The van der Waals surface area contributed by atoms with Crippen LogP contribution in [0.3, 0.4) is 0 Å². The molecule has 2 aromatic carbocycles. The predicted octanol–water partition coefficient (Wildman–Crippen LogP) is 6.26. The number of aromatic nitrogens is 3. The lowest BCUT2D eigenvalue weighted by molar-refractivity contribution is 0.130. The first kappa shape index (κ1) is 21.0. The third-order valence-corrected chi connectivity index (χ3v) is 5.53. The molecule has 1 amide bonds. The largest absolute Gasteiger partial charge is 0.447 e. The summed E-state index contributed by atoms with van der Waals surface area (Å²) in [6.45, 7) is 4.61. The zero-order valence-corrected chi connectivity index (χ0v) is 18.7. The number of nitrogens with zero attached hydrogens (tertiary/aromatic N) is 3. The fraction of sp³-hybridized carbons (Fsp3) is 0.269. The average Bonchev–Trinajstić information content (AvgIpc) is 3.55. The fourth-order valence-electron chi connectivity index (χ4n) is 3.82. The second-order valence-corrected chi connectivity index (χ2v) is 8.59. The standard InChI is InChI=1S/C26H26N4O3/c1-17(2)32-26(31)29-21-9-6-19(7-10-21)23-14-20-8-11-22(33-25-27-12-3-13-28-25)15-24(20)30(23)16-18-4-5-18/h3,6-15,17-18H,4-5,16H2,1-2H3,(H,29,31). The minimum absolute atomic E-state index is 0.162. The molecule has 0 unspecified atom stereocenters. The monoisotopic (exact) mass is 442 g/mol. The molecule has 7 nitrogen and oxygen atoms in total. The van der Waals surface area contributed by atoms with Gasteiger partial charge in [0.25, 0.3) is 0 Å². The molecule has 7 heteroatoms. The van der Waals surface area contributed by atoms with Crippen LogP contribution in [0.4, 0.5) is 10.5 Å². The quantitative estimate of drug-likeness (QED) is 0.366. The molecule has 1 saturated carbocycles. The van der Waals surface area contributed by atoms with Gasteiger partial charge in [-0.25, -0.2) is 14.8 Å². The van der Waals surface area contributed by atoms with E-state index in [1.165, 1.54) is 12.8 Å². The van der Waals surface area contributed by atoms with E-state index in [-0.39, 0.29) is 6.10 Å². The summed E-state index contributed by atoms with van der Waals surface area (Å²) in [5.41, 5.74) is 4.05.